The highest BCUT2D eigenvalue weighted by atomic mass is 35.5. The van der Waals surface area contributed by atoms with Gasteiger partial charge in [0, 0.05) is 38.9 Å². The van der Waals surface area contributed by atoms with E-state index in [-0.39, 0.29) is 72.7 Å². The lowest BCUT2D eigenvalue weighted by Gasteiger charge is -2.06. The molecule has 0 radical (unpaired) electrons. The standard InChI is InChI=1S/2C21H16F2N6O2.C15H11ClF2N2O.C6H6N4O.CH4/c2*1-28-8-24-20-18(28)21(30)29(9-25-20)7-16-26-19(27-31-16)17-12-4-11(5-13(12)17)10-2-3-14(22)15(23)6-10;16-6-13-19-15(20-21-13)14-9-3-8(4-10(9)14)7-1-2-11(17)12(18)5-7;1-10-3-9-5-4(10)6(11)8-2-7-5;/h2*2-4,6,8-9,12-13,17H,5,7H2,1H3;1-3,5,9-10,14H,4,6H2;2-3H,1H3,(H,7,8,11);1H4/t2*12-,13+,17+;9-,10+,14+;;/m100../s1. The number of allylic oxidation sites excluding steroid dienone is 6. The first-order valence-electron chi connectivity index (χ1n) is 29.5. The summed E-state index contributed by atoms with van der Waals surface area (Å²) in [5, 5.41) is 12.1. The number of aryl methyl sites for hydroxylation is 3. The normalized spacial score (nSPS) is 21.5. The molecule has 9 heterocycles. The minimum absolute atomic E-state index is 0. The maximum absolute atomic E-state index is 13.5. The van der Waals surface area contributed by atoms with Gasteiger partial charge in [0.15, 0.2) is 85.9 Å². The molecule has 0 amide bonds. The predicted octanol–water partition coefficient (Wildman–Crippen LogP) is 9.51. The monoisotopic (exact) mass is 1320 g/mol. The van der Waals surface area contributed by atoms with E-state index < -0.39 is 34.9 Å². The fourth-order valence-electron chi connectivity index (χ4n) is 13.2. The van der Waals surface area contributed by atoms with E-state index in [1.807, 2.05) is 0 Å². The van der Waals surface area contributed by atoms with Crippen LogP contribution < -0.4 is 16.7 Å². The number of alkyl halides is 1. The molecular formula is C64H53ClF6N18O6. The van der Waals surface area contributed by atoms with Crippen LogP contribution in [-0.4, -0.2) is 88.1 Å². The summed E-state index contributed by atoms with van der Waals surface area (Å²) < 4.78 is 103. The highest BCUT2D eigenvalue weighted by molar-refractivity contribution is 6.16. The summed E-state index contributed by atoms with van der Waals surface area (Å²) in [5.41, 5.74) is 7.21. The third-order valence-electron chi connectivity index (χ3n) is 18.1. The van der Waals surface area contributed by atoms with Crippen molar-refractivity contribution in [2.75, 3.05) is 0 Å². The van der Waals surface area contributed by atoms with E-state index in [9.17, 15) is 40.7 Å². The zero-order valence-corrected chi connectivity index (χ0v) is 50.3. The number of benzene rings is 3. The minimum atomic E-state index is -0.846. The number of nitrogens with one attached hydrogen (secondary N) is 1. The van der Waals surface area contributed by atoms with Gasteiger partial charge in [0.1, 0.15) is 31.6 Å². The van der Waals surface area contributed by atoms with Crippen molar-refractivity contribution in [2.45, 2.75) is 63.4 Å². The van der Waals surface area contributed by atoms with E-state index in [1.165, 1.54) is 52.4 Å². The van der Waals surface area contributed by atoms with Gasteiger partial charge in [-0.05, 0) is 125 Å². The topological polar surface area (TPSA) is 286 Å². The molecule has 6 aliphatic rings. The van der Waals surface area contributed by atoms with Crippen LogP contribution in [0, 0.1) is 70.4 Å². The molecule has 31 heteroatoms. The molecule has 0 saturated heterocycles. The second-order valence-corrected chi connectivity index (χ2v) is 24.1. The van der Waals surface area contributed by atoms with E-state index in [2.05, 4.69) is 83.5 Å². The summed E-state index contributed by atoms with van der Waals surface area (Å²) >= 11 is 5.64. The van der Waals surface area contributed by atoms with Crippen LogP contribution in [-0.2, 0) is 40.1 Å². The third kappa shape index (κ3) is 11.5. The van der Waals surface area contributed by atoms with Crippen LogP contribution >= 0.6 is 11.6 Å². The highest BCUT2D eigenvalue weighted by Crippen LogP contribution is 2.64. The molecule has 1 N–H and O–H groups in total. The molecule has 18 rings (SSSR count). The molecule has 0 bridgehead atoms. The molecule has 0 spiro atoms. The number of fused-ring (bicyclic) bond motifs is 6. The Morgan fingerprint density at radius 1 is 0.474 bits per heavy atom. The fraction of sp³-hybridized carbons (Fsp3) is 0.297. The van der Waals surface area contributed by atoms with E-state index in [0.717, 1.165) is 53.7 Å². The maximum Gasteiger partial charge on any atom is 0.280 e. The van der Waals surface area contributed by atoms with Crippen molar-refractivity contribution in [1.82, 2.24) is 88.1 Å². The van der Waals surface area contributed by atoms with Crippen LogP contribution in [0.3, 0.4) is 0 Å². The van der Waals surface area contributed by atoms with E-state index in [1.54, 1.807) is 72.0 Å². The lowest BCUT2D eigenvalue weighted by Crippen LogP contribution is -2.22. The van der Waals surface area contributed by atoms with Crippen molar-refractivity contribution < 1.29 is 39.9 Å². The summed E-state index contributed by atoms with van der Waals surface area (Å²) in [4.78, 5) is 76.4. The Balaban J connectivity index is 0.000000115. The number of H-pyrrole nitrogens is 1. The molecule has 95 heavy (non-hydrogen) atoms. The summed E-state index contributed by atoms with van der Waals surface area (Å²) in [6, 6.07) is 12.0. The SMILES string of the molecule is C.Cn1cnc2nc[nH]c(=O)c21.Cn1cnc2ncn(Cc3nc([C@@H]4[C@H]5C=C(c6ccc(F)c(F)c6)C[C@H]54)no3)c(=O)c21.Cn1cnc2ncn(Cc3nc([C@H]4[C@@H]5C=C(c6ccc(F)c(F)c6)C[C@@H]54)no3)c(=O)c21.Fc1ccc(C2=C[C@H]3[C@@H](C2)[C@@H]3c2noc(CCl)n2)cc1F. The molecule has 0 aliphatic heterocycles. The van der Waals surface area contributed by atoms with Gasteiger partial charge in [0.05, 0.1) is 25.3 Å². The minimum Gasteiger partial charge on any atom is -0.338 e. The van der Waals surface area contributed by atoms with Crippen LogP contribution in [0.5, 0.6) is 0 Å². The summed E-state index contributed by atoms with van der Waals surface area (Å²) in [6.07, 6.45) is 17.5. The van der Waals surface area contributed by atoms with Crippen molar-refractivity contribution in [2.24, 2.45) is 56.7 Å². The highest BCUT2D eigenvalue weighted by Gasteiger charge is 2.57. The molecule has 3 aromatic carbocycles. The van der Waals surface area contributed by atoms with E-state index >= 15 is 0 Å². The van der Waals surface area contributed by atoms with Crippen molar-refractivity contribution in [3.63, 3.8) is 0 Å². The Labute approximate surface area is 536 Å². The summed E-state index contributed by atoms with van der Waals surface area (Å²) in [5.74, 6) is 0.684. The van der Waals surface area contributed by atoms with Gasteiger partial charge in [-0.15, -0.1) is 11.6 Å². The number of rotatable bonds is 11. The molecule has 9 aromatic heterocycles. The Bertz CT molecular complexity index is 5080. The molecule has 3 saturated carbocycles. The van der Waals surface area contributed by atoms with Gasteiger partial charge in [0.2, 0.25) is 17.7 Å². The summed E-state index contributed by atoms with van der Waals surface area (Å²) in [7, 11) is 5.23. The Hall–Kier alpha value is -10.8. The quantitative estimate of drug-likeness (QED) is 0.0931. The average molecular weight is 1320 g/mol. The van der Waals surface area contributed by atoms with Gasteiger partial charge in [-0.25, -0.2) is 56.2 Å². The van der Waals surface area contributed by atoms with Gasteiger partial charge in [0.25, 0.3) is 16.7 Å². The number of nitrogens with zero attached hydrogens (tertiary/aromatic N) is 17. The van der Waals surface area contributed by atoms with Crippen molar-refractivity contribution in [3.05, 3.63) is 229 Å². The molecular weight excluding hydrogens is 1270 g/mol. The zero-order valence-electron chi connectivity index (χ0n) is 49.5. The largest absolute Gasteiger partial charge is 0.338 e. The molecule has 3 fully saturated rings. The van der Waals surface area contributed by atoms with E-state index in [0.29, 0.717) is 103 Å². The second kappa shape index (κ2) is 24.3. The zero-order chi connectivity index (χ0) is 65.0. The molecule has 6 aliphatic carbocycles. The second-order valence-electron chi connectivity index (χ2n) is 23.8. The van der Waals surface area contributed by atoms with Gasteiger partial charge >= 0.3 is 0 Å². The van der Waals surface area contributed by atoms with Crippen molar-refractivity contribution in [1.29, 1.82) is 0 Å². The molecule has 9 atom stereocenters. The number of aromatic amines is 1. The van der Waals surface area contributed by atoms with E-state index in [4.69, 9.17) is 25.2 Å². The first-order chi connectivity index (χ1) is 45.4. The van der Waals surface area contributed by atoms with Gasteiger partial charge in [-0.2, -0.15) is 15.0 Å². The van der Waals surface area contributed by atoms with Crippen molar-refractivity contribution >= 4 is 61.8 Å². The smallest absolute Gasteiger partial charge is 0.280 e. The molecule has 484 valence electrons. The number of halogens is 7. The molecule has 24 nitrogen and oxygen atoms in total. The maximum atomic E-state index is 13.5. The fourth-order valence-corrected chi connectivity index (χ4v) is 13.3. The Morgan fingerprint density at radius 2 is 0.821 bits per heavy atom. The van der Waals surface area contributed by atoms with Gasteiger partial charge < -0.3 is 32.3 Å². The number of aromatic nitrogens is 18. The Kier molecular flexibility index (Phi) is 15.8. The number of hydrogen-bond donors (Lipinski definition) is 1. The van der Waals surface area contributed by atoms with Crippen LogP contribution in [0.15, 0.2) is 139 Å². The van der Waals surface area contributed by atoms with Crippen LogP contribution in [0.4, 0.5) is 26.3 Å². The third-order valence-corrected chi connectivity index (χ3v) is 18.3. The van der Waals surface area contributed by atoms with Crippen LogP contribution in [0.25, 0.3) is 50.2 Å². The first kappa shape index (κ1) is 61.7. The average Bonchev–Trinajstić information content (AvgIpc) is 1.58. The Morgan fingerprint density at radius 3 is 1.16 bits per heavy atom. The lowest BCUT2D eigenvalue weighted by molar-refractivity contribution is 0.363. The van der Waals surface area contributed by atoms with Crippen molar-refractivity contribution in [3.8, 4) is 0 Å². The molecule has 12 aromatic rings. The number of imidazole rings is 3. The van der Waals surface area contributed by atoms with Crippen LogP contribution in [0.2, 0.25) is 0 Å². The first-order valence-corrected chi connectivity index (χ1v) is 30.1. The van der Waals surface area contributed by atoms with Gasteiger partial charge in [-0.1, -0.05) is 59.3 Å². The predicted molar refractivity (Wildman–Crippen MR) is 328 cm³/mol. The molecule has 0 unspecified atom stereocenters. The van der Waals surface area contributed by atoms with Crippen LogP contribution in [0.1, 0.15) is 96.3 Å². The summed E-state index contributed by atoms with van der Waals surface area (Å²) in [6.45, 7) is 0.246. The van der Waals surface area contributed by atoms with Gasteiger partial charge in [-0.3, -0.25) is 23.5 Å². The lowest BCUT2D eigenvalue weighted by atomic mass is 10.0. The number of hydrogen-bond acceptors (Lipinski definition) is 18.